The average Bonchev–Trinajstić information content (AvgIpc) is 2.84. The molecule has 0 radical (unpaired) electrons. The molecule has 0 amide bonds. The normalized spacial score (nSPS) is 15.3. The number of halogens is 3. The van der Waals surface area contributed by atoms with Crippen molar-refractivity contribution in [2.45, 2.75) is 19.3 Å². The molecule has 35 heavy (non-hydrogen) atoms. The molecule has 0 aromatic heterocycles. The molecule has 1 aliphatic rings. The number of para-hydroxylation sites is 1. The maximum absolute atomic E-state index is 13.9. The van der Waals surface area contributed by atoms with E-state index in [0.717, 1.165) is 34.1 Å². The lowest BCUT2D eigenvalue weighted by atomic mass is 9.99. The maximum atomic E-state index is 13.9. The fourth-order valence-corrected chi connectivity index (χ4v) is 4.34. The van der Waals surface area contributed by atoms with Crippen LogP contribution in [0.1, 0.15) is 34.0 Å². The fraction of sp³-hybridized carbons (Fsp3) is 0.222. The summed E-state index contributed by atoms with van der Waals surface area (Å²) in [4.78, 5) is 6.55. The maximum Gasteiger partial charge on any atom is 0.416 e. The Balaban J connectivity index is 1.86. The summed E-state index contributed by atoms with van der Waals surface area (Å²) in [6, 6.07) is 19.0. The van der Waals surface area contributed by atoms with E-state index in [0.29, 0.717) is 24.6 Å². The van der Waals surface area contributed by atoms with Gasteiger partial charge in [0.2, 0.25) is 0 Å². The number of benzene rings is 3. The first-order chi connectivity index (χ1) is 16.7. The third-order valence-corrected chi connectivity index (χ3v) is 6.01. The monoisotopic (exact) mass is 479 g/mol. The second kappa shape index (κ2) is 9.84. The molecule has 1 heterocycles. The predicted octanol–water partition coefficient (Wildman–Crippen LogP) is 5.54. The van der Waals surface area contributed by atoms with Crippen LogP contribution in [0.2, 0.25) is 0 Å². The number of rotatable bonds is 6. The molecule has 0 saturated heterocycles. The van der Waals surface area contributed by atoms with Crippen molar-refractivity contribution in [3.8, 4) is 0 Å². The Hall–Kier alpha value is -3.78. The first-order valence-corrected chi connectivity index (χ1v) is 11.3. The first-order valence-electron chi connectivity index (χ1n) is 11.3. The molecule has 1 atom stereocenters. The van der Waals surface area contributed by atoms with Gasteiger partial charge in [-0.1, -0.05) is 55.1 Å². The molecule has 5 nitrogen and oxygen atoms in total. The summed E-state index contributed by atoms with van der Waals surface area (Å²) < 4.78 is 41.8. The van der Waals surface area contributed by atoms with Crippen LogP contribution in [0.3, 0.4) is 0 Å². The number of aryl methyl sites for hydroxylation is 1. The van der Waals surface area contributed by atoms with Crippen LogP contribution in [0.25, 0.3) is 5.70 Å². The van der Waals surface area contributed by atoms with E-state index in [4.69, 9.17) is 10.7 Å². The van der Waals surface area contributed by atoms with Crippen LogP contribution >= 0.6 is 0 Å². The lowest BCUT2D eigenvalue weighted by Crippen LogP contribution is -2.36. The van der Waals surface area contributed by atoms with E-state index in [1.807, 2.05) is 49.4 Å². The molecule has 0 spiro atoms. The van der Waals surface area contributed by atoms with E-state index < -0.39 is 17.9 Å². The molecule has 4 N–H and O–H groups in total. The van der Waals surface area contributed by atoms with Gasteiger partial charge in [-0.25, -0.2) is 4.99 Å². The summed E-state index contributed by atoms with van der Waals surface area (Å²) >= 11 is 0. The van der Waals surface area contributed by atoms with Crippen molar-refractivity contribution < 1.29 is 13.2 Å². The van der Waals surface area contributed by atoms with Crippen LogP contribution in [-0.2, 0) is 6.18 Å². The Labute approximate surface area is 203 Å². The summed E-state index contributed by atoms with van der Waals surface area (Å²) in [5.41, 5.74) is 9.85. The number of nitrogens with two attached hydrogens (primary N) is 1. The molecule has 0 aliphatic carbocycles. The Morgan fingerprint density at radius 1 is 1.06 bits per heavy atom. The molecule has 0 bridgehead atoms. The number of fused-ring (bicyclic) bond motifs is 1. The van der Waals surface area contributed by atoms with Crippen LogP contribution in [0.5, 0.6) is 0 Å². The van der Waals surface area contributed by atoms with Gasteiger partial charge in [-0.05, 0) is 30.7 Å². The van der Waals surface area contributed by atoms with E-state index in [1.165, 1.54) is 12.1 Å². The van der Waals surface area contributed by atoms with Crippen LogP contribution in [0.4, 0.5) is 24.5 Å². The molecule has 4 rings (SSSR count). The first kappa shape index (κ1) is 24.3. The van der Waals surface area contributed by atoms with Crippen molar-refractivity contribution in [1.82, 2.24) is 5.32 Å². The zero-order valence-corrected chi connectivity index (χ0v) is 19.7. The molecule has 8 heteroatoms. The van der Waals surface area contributed by atoms with E-state index >= 15 is 0 Å². The van der Waals surface area contributed by atoms with Crippen molar-refractivity contribution in [1.29, 1.82) is 0 Å². The third-order valence-electron chi connectivity index (χ3n) is 6.01. The van der Waals surface area contributed by atoms with Gasteiger partial charge in [-0.3, -0.25) is 0 Å². The van der Waals surface area contributed by atoms with Crippen LogP contribution in [0.15, 0.2) is 78.3 Å². The Morgan fingerprint density at radius 2 is 1.77 bits per heavy atom. The Bertz CT molecular complexity index is 1270. The minimum absolute atomic E-state index is 0.0718. The standard InChI is InChI=1S/C27H28F3N5/c1-17-9-4-5-10-19(17)18(2)33-25-21-12-8-14-23(32-16-15-31)24(21)35(3)26(34-25)20-11-6-7-13-22(20)27(28,29)30/h4-14,26,32H,2,15-16,31H2,1,3H3,(H,33,34). The summed E-state index contributed by atoms with van der Waals surface area (Å²) in [6.07, 6.45) is -5.42. The van der Waals surface area contributed by atoms with Crippen LogP contribution in [0, 0.1) is 6.92 Å². The topological polar surface area (TPSA) is 65.7 Å². The average molecular weight is 480 g/mol. The summed E-state index contributed by atoms with van der Waals surface area (Å²) in [7, 11) is 1.75. The third kappa shape index (κ3) is 4.88. The van der Waals surface area contributed by atoms with E-state index in [-0.39, 0.29) is 5.56 Å². The largest absolute Gasteiger partial charge is 0.416 e. The molecule has 0 saturated carbocycles. The number of aliphatic imine (C=N–C) groups is 1. The molecule has 1 aliphatic heterocycles. The molecule has 0 fully saturated rings. The predicted molar refractivity (Wildman–Crippen MR) is 136 cm³/mol. The van der Waals surface area contributed by atoms with Gasteiger partial charge in [0, 0.05) is 42.5 Å². The second-order valence-corrected chi connectivity index (χ2v) is 8.38. The lowest BCUT2D eigenvalue weighted by Gasteiger charge is -2.37. The highest BCUT2D eigenvalue weighted by Crippen LogP contribution is 2.43. The number of hydrogen-bond donors (Lipinski definition) is 3. The van der Waals surface area contributed by atoms with Crippen molar-refractivity contribution >= 4 is 22.9 Å². The molecule has 3 aromatic rings. The van der Waals surface area contributed by atoms with Gasteiger partial charge >= 0.3 is 6.18 Å². The SMILES string of the molecule is C=C(NC1=NC(c2ccccc2C(F)(F)F)N(C)c2c(NCCN)cccc21)c1ccccc1C. The molecule has 1 unspecified atom stereocenters. The van der Waals surface area contributed by atoms with Crippen molar-refractivity contribution in [3.63, 3.8) is 0 Å². The van der Waals surface area contributed by atoms with Gasteiger partial charge in [0.1, 0.15) is 12.0 Å². The lowest BCUT2D eigenvalue weighted by molar-refractivity contribution is -0.138. The quantitative estimate of drug-likeness (QED) is 0.434. The highest BCUT2D eigenvalue weighted by Gasteiger charge is 2.38. The molecular formula is C27H28F3N5. The Morgan fingerprint density at radius 3 is 2.49 bits per heavy atom. The van der Waals surface area contributed by atoms with Crippen LogP contribution in [-0.4, -0.2) is 26.0 Å². The summed E-state index contributed by atoms with van der Waals surface area (Å²) in [5.74, 6) is 0.449. The van der Waals surface area contributed by atoms with E-state index in [1.54, 1.807) is 18.0 Å². The van der Waals surface area contributed by atoms with Crippen molar-refractivity contribution in [2.75, 3.05) is 30.4 Å². The van der Waals surface area contributed by atoms with Crippen LogP contribution < -0.4 is 21.3 Å². The highest BCUT2D eigenvalue weighted by atomic mass is 19.4. The Kier molecular flexibility index (Phi) is 6.84. The van der Waals surface area contributed by atoms with E-state index in [9.17, 15) is 13.2 Å². The molecular weight excluding hydrogens is 451 g/mol. The number of amidine groups is 1. The fourth-order valence-electron chi connectivity index (χ4n) is 4.34. The van der Waals surface area contributed by atoms with Gasteiger partial charge in [0.25, 0.3) is 0 Å². The highest BCUT2D eigenvalue weighted by molar-refractivity contribution is 6.10. The summed E-state index contributed by atoms with van der Waals surface area (Å²) in [5, 5.41) is 6.58. The number of nitrogens with zero attached hydrogens (tertiary/aromatic N) is 2. The van der Waals surface area contributed by atoms with Gasteiger partial charge in [-0.15, -0.1) is 0 Å². The zero-order valence-electron chi connectivity index (χ0n) is 19.7. The smallest absolute Gasteiger partial charge is 0.382 e. The van der Waals surface area contributed by atoms with Gasteiger partial charge in [-0.2, -0.15) is 13.2 Å². The van der Waals surface area contributed by atoms with E-state index in [2.05, 4.69) is 17.2 Å². The van der Waals surface area contributed by atoms with Crippen molar-refractivity contribution in [2.24, 2.45) is 10.7 Å². The van der Waals surface area contributed by atoms with Gasteiger partial charge < -0.3 is 21.3 Å². The van der Waals surface area contributed by atoms with Gasteiger partial charge in [0.05, 0.1) is 16.9 Å². The number of alkyl halides is 3. The minimum atomic E-state index is -4.51. The van der Waals surface area contributed by atoms with Gasteiger partial charge in [0.15, 0.2) is 0 Å². The minimum Gasteiger partial charge on any atom is -0.382 e. The number of hydrogen-bond acceptors (Lipinski definition) is 5. The second-order valence-electron chi connectivity index (χ2n) is 8.38. The molecule has 3 aromatic carbocycles. The number of nitrogens with one attached hydrogen (secondary N) is 2. The van der Waals surface area contributed by atoms with Crippen molar-refractivity contribution in [3.05, 3.63) is 101 Å². The molecule has 182 valence electrons. The summed E-state index contributed by atoms with van der Waals surface area (Å²) in [6.45, 7) is 7.09. The number of anilines is 2. The zero-order chi connectivity index (χ0) is 25.2.